The van der Waals surface area contributed by atoms with Gasteiger partial charge in [-0.15, -0.1) is 6.42 Å². The summed E-state index contributed by atoms with van der Waals surface area (Å²) in [5.74, 6) is 1.24. The minimum atomic E-state index is -1.04. The topological polar surface area (TPSA) is 78.4 Å². The molecule has 0 aromatic rings. The number of urea groups is 1. The fourth-order valence-corrected chi connectivity index (χ4v) is 1.29. The molecule has 0 aliphatic heterocycles. The monoisotopic (exact) mass is 240 g/mol. The Morgan fingerprint density at radius 1 is 1.29 bits per heavy atom. The first-order valence-electron chi connectivity index (χ1n) is 5.72. The molecule has 0 rings (SSSR count). The van der Waals surface area contributed by atoms with Crippen LogP contribution in [0.4, 0.5) is 4.79 Å². The van der Waals surface area contributed by atoms with E-state index in [1.165, 1.54) is 0 Å². The first-order chi connectivity index (χ1) is 7.96. The first-order valence-corrected chi connectivity index (χ1v) is 5.72. The number of nitrogens with one attached hydrogen (secondary N) is 2. The molecule has 0 radical (unpaired) electrons. The summed E-state index contributed by atoms with van der Waals surface area (Å²) in [7, 11) is 0. The fraction of sp³-hybridized carbons (Fsp3) is 0.667. The summed E-state index contributed by atoms with van der Waals surface area (Å²) in [6.07, 6.45) is 6.47. The van der Waals surface area contributed by atoms with Crippen LogP contribution >= 0.6 is 0 Å². The maximum absolute atomic E-state index is 11.5. The van der Waals surface area contributed by atoms with Crippen molar-refractivity contribution in [3.8, 4) is 12.3 Å². The van der Waals surface area contributed by atoms with Crippen LogP contribution in [0.5, 0.6) is 0 Å². The van der Waals surface area contributed by atoms with Crippen LogP contribution in [0.25, 0.3) is 0 Å². The molecule has 0 bridgehead atoms. The quantitative estimate of drug-likeness (QED) is 0.610. The number of aliphatic carboxylic acids is 1. The lowest BCUT2D eigenvalue weighted by Gasteiger charge is -2.21. The van der Waals surface area contributed by atoms with Crippen LogP contribution < -0.4 is 10.6 Å². The molecule has 17 heavy (non-hydrogen) atoms. The van der Waals surface area contributed by atoms with Gasteiger partial charge in [0.2, 0.25) is 0 Å². The molecule has 0 saturated carbocycles. The molecule has 0 fully saturated rings. The van der Waals surface area contributed by atoms with Crippen molar-refractivity contribution >= 4 is 12.0 Å². The molecule has 0 aliphatic rings. The summed E-state index contributed by atoms with van der Waals surface area (Å²) in [5, 5.41) is 13.9. The second-order valence-electron chi connectivity index (χ2n) is 3.95. The second kappa shape index (κ2) is 7.55. The Morgan fingerprint density at radius 2 is 1.88 bits per heavy atom. The Balaban J connectivity index is 4.42. The molecule has 5 heteroatoms. The number of amides is 2. The molecule has 0 saturated heterocycles. The lowest BCUT2D eigenvalue weighted by molar-refractivity contribution is -0.140. The minimum absolute atomic E-state index is 0.135. The van der Waals surface area contributed by atoms with Gasteiger partial charge in [0.15, 0.2) is 0 Å². The lowest BCUT2D eigenvalue weighted by Crippen LogP contribution is -2.51. The Kier molecular flexibility index (Phi) is 6.80. The summed E-state index contributed by atoms with van der Waals surface area (Å²) >= 11 is 0. The molecule has 3 atom stereocenters. The smallest absolute Gasteiger partial charge is 0.326 e. The van der Waals surface area contributed by atoms with Gasteiger partial charge in [0.25, 0.3) is 0 Å². The standard InChI is InChI=1S/C12H20N2O3/c1-5-8(4)10(11(15)16)14-12(17)13-9(6-2)7-3/h2,8-10H,5,7H2,1,3-4H3,(H,15,16)(H2,13,14,17)/t8-,9?,10-/m0/s1. The van der Waals surface area contributed by atoms with E-state index in [0.717, 1.165) is 0 Å². The maximum Gasteiger partial charge on any atom is 0.326 e. The molecular weight excluding hydrogens is 220 g/mol. The van der Waals surface area contributed by atoms with Crippen molar-refractivity contribution < 1.29 is 14.7 Å². The zero-order valence-corrected chi connectivity index (χ0v) is 10.5. The van der Waals surface area contributed by atoms with E-state index in [0.29, 0.717) is 12.8 Å². The largest absolute Gasteiger partial charge is 0.480 e. The van der Waals surface area contributed by atoms with Gasteiger partial charge in [-0.1, -0.05) is 33.1 Å². The van der Waals surface area contributed by atoms with Crippen molar-refractivity contribution in [1.82, 2.24) is 10.6 Å². The average molecular weight is 240 g/mol. The Bertz CT molecular complexity index is 309. The number of terminal acetylenes is 1. The fourth-order valence-electron chi connectivity index (χ4n) is 1.29. The number of rotatable bonds is 6. The highest BCUT2D eigenvalue weighted by Crippen LogP contribution is 2.07. The molecule has 5 nitrogen and oxygen atoms in total. The van der Waals surface area contributed by atoms with E-state index >= 15 is 0 Å². The van der Waals surface area contributed by atoms with E-state index in [4.69, 9.17) is 11.5 Å². The van der Waals surface area contributed by atoms with Crippen LogP contribution in [0.2, 0.25) is 0 Å². The third-order valence-corrected chi connectivity index (χ3v) is 2.68. The highest BCUT2D eigenvalue weighted by molar-refractivity contribution is 5.83. The number of hydrogen-bond donors (Lipinski definition) is 3. The zero-order chi connectivity index (χ0) is 13.4. The van der Waals surface area contributed by atoms with Crippen LogP contribution in [0.3, 0.4) is 0 Å². The molecule has 0 aromatic carbocycles. The van der Waals surface area contributed by atoms with E-state index in [-0.39, 0.29) is 12.0 Å². The zero-order valence-electron chi connectivity index (χ0n) is 10.5. The summed E-state index contributed by atoms with van der Waals surface area (Å²) < 4.78 is 0. The Morgan fingerprint density at radius 3 is 2.24 bits per heavy atom. The van der Waals surface area contributed by atoms with E-state index in [1.54, 1.807) is 6.92 Å². The highest BCUT2D eigenvalue weighted by Gasteiger charge is 2.25. The van der Waals surface area contributed by atoms with Crippen LogP contribution in [0.1, 0.15) is 33.6 Å². The maximum atomic E-state index is 11.5. The molecule has 1 unspecified atom stereocenters. The van der Waals surface area contributed by atoms with Gasteiger partial charge in [0.1, 0.15) is 6.04 Å². The summed E-state index contributed by atoms with van der Waals surface area (Å²) in [5.41, 5.74) is 0. The van der Waals surface area contributed by atoms with Crippen molar-refractivity contribution in [2.75, 3.05) is 0 Å². The van der Waals surface area contributed by atoms with Gasteiger partial charge in [-0.3, -0.25) is 0 Å². The van der Waals surface area contributed by atoms with Gasteiger partial charge >= 0.3 is 12.0 Å². The lowest BCUT2D eigenvalue weighted by atomic mass is 9.99. The molecular formula is C12H20N2O3. The van der Waals surface area contributed by atoms with Crippen LogP contribution in [-0.4, -0.2) is 29.2 Å². The third kappa shape index (κ3) is 5.25. The molecule has 0 aliphatic carbocycles. The van der Waals surface area contributed by atoms with E-state index < -0.39 is 18.0 Å². The molecule has 3 N–H and O–H groups in total. The molecule has 0 spiro atoms. The van der Waals surface area contributed by atoms with E-state index in [9.17, 15) is 9.59 Å². The summed E-state index contributed by atoms with van der Waals surface area (Å²) in [4.78, 5) is 22.5. The molecule has 96 valence electrons. The molecule has 0 aromatic heterocycles. The minimum Gasteiger partial charge on any atom is -0.480 e. The van der Waals surface area contributed by atoms with Crippen molar-refractivity contribution in [3.63, 3.8) is 0 Å². The van der Waals surface area contributed by atoms with Crippen molar-refractivity contribution in [3.05, 3.63) is 0 Å². The summed E-state index contributed by atoms with van der Waals surface area (Å²) in [6, 6.07) is -1.81. The van der Waals surface area contributed by atoms with Gasteiger partial charge in [-0.25, -0.2) is 9.59 Å². The summed E-state index contributed by atoms with van der Waals surface area (Å²) in [6.45, 7) is 5.49. The van der Waals surface area contributed by atoms with Gasteiger partial charge in [0.05, 0.1) is 6.04 Å². The number of hydrogen-bond acceptors (Lipinski definition) is 2. The third-order valence-electron chi connectivity index (χ3n) is 2.68. The number of carboxylic acids is 1. The molecule has 2 amide bonds. The predicted molar refractivity (Wildman–Crippen MR) is 65.5 cm³/mol. The van der Waals surface area contributed by atoms with Crippen molar-refractivity contribution in [2.45, 2.75) is 45.7 Å². The van der Waals surface area contributed by atoms with Crippen LogP contribution in [-0.2, 0) is 4.79 Å². The number of carbonyl (C=O) groups is 2. The number of carbonyl (C=O) groups excluding carboxylic acids is 1. The van der Waals surface area contributed by atoms with E-state index in [1.807, 2.05) is 13.8 Å². The predicted octanol–water partition coefficient (Wildman–Crippen LogP) is 1.20. The van der Waals surface area contributed by atoms with Gasteiger partial charge in [-0.2, -0.15) is 0 Å². The molecule has 0 heterocycles. The highest BCUT2D eigenvalue weighted by atomic mass is 16.4. The Hall–Kier alpha value is -1.70. The van der Waals surface area contributed by atoms with E-state index in [2.05, 4.69) is 16.6 Å². The normalized spacial score (nSPS) is 15.2. The van der Waals surface area contributed by atoms with Gasteiger partial charge in [0, 0.05) is 0 Å². The van der Waals surface area contributed by atoms with Crippen LogP contribution in [0.15, 0.2) is 0 Å². The Labute approximate surface area is 102 Å². The second-order valence-corrected chi connectivity index (χ2v) is 3.95. The van der Waals surface area contributed by atoms with Gasteiger partial charge in [-0.05, 0) is 12.3 Å². The number of carboxylic acid groups (broad SMARTS) is 1. The first kappa shape index (κ1) is 15.3. The average Bonchev–Trinajstić information content (AvgIpc) is 2.31. The van der Waals surface area contributed by atoms with Crippen molar-refractivity contribution in [2.24, 2.45) is 5.92 Å². The SMILES string of the molecule is C#CC(CC)NC(=O)N[C@H](C(=O)O)[C@@H](C)CC. The van der Waals surface area contributed by atoms with Crippen molar-refractivity contribution in [1.29, 1.82) is 0 Å². The van der Waals surface area contributed by atoms with Gasteiger partial charge < -0.3 is 15.7 Å². The van der Waals surface area contributed by atoms with Crippen LogP contribution in [0, 0.1) is 18.3 Å².